The fraction of sp³-hybridized carbons (Fsp3) is 0.909. The first kappa shape index (κ1) is 12.6. The maximum atomic E-state index is 10.9. The lowest BCUT2D eigenvalue weighted by Gasteiger charge is -2.39. The highest BCUT2D eigenvalue weighted by molar-refractivity contribution is 5.65. The summed E-state index contributed by atoms with van der Waals surface area (Å²) in [6.45, 7) is 7.45. The molecule has 6 heteroatoms. The van der Waals surface area contributed by atoms with Gasteiger partial charge < -0.3 is 20.1 Å². The summed E-state index contributed by atoms with van der Waals surface area (Å²) < 4.78 is 5.39. The van der Waals surface area contributed by atoms with Crippen LogP contribution in [0.4, 0.5) is 4.79 Å². The molecule has 0 saturated carbocycles. The van der Waals surface area contributed by atoms with E-state index < -0.39 is 6.09 Å². The zero-order chi connectivity index (χ0) is 12.3. The lowest BCUT2D eigenvalue weighted by Crippen LogP contribution is -2.58. The summed E-state index contributed by atoms with van der Waals surface area (Å²) in [5.74, 6) is 0. The highest BCUT2D eigenvalue weighted by atomic mass is 16.5. The van der Waals surface area contributed by atoms with Crippen molar-refractivity contribution in [1.29, 1.82) is 0 Å². The van der Waals surface area contributed by atoms with Crippen LogP contribution in [0.5, 0.6) is 0 Å². The SMILES string of the molecule is C[C@@H]1COCCN1CC1CN(C(=O)O)CCN1. The van der Waals surface area contributed by atoms with Crippen LogP contribution in [0.2, 0.25) is 0 Å². The maximum Gasteiger partial charge on any atom is 0.407 e. The van der Waals surface area contributed by atoms with Crippen molar-refractivity contribution in [2.24, 2.45) is 0 Å². The lowest BCUT2D eigenvalue weighted by molar-refractivity contribution is -0.00746. The normalized spacial score (nSPS) is 31.5. The minimum atomic E-state index is -0.813. The predicted molar refractivity (Wildman–Crippen MR) is 63.2 cm³/mol. The number of ether oxygens (including phenoxy) is 1. The van der Waals surface area contributed by atoms with Crippen LogP contribution in [0.3, 0.4) is 0 Å². The molecule has 6 nitrogen and oxygen atoms in total. The van der Waals surface area contributed by atoms with Crippen molar-refractivity contribution in [2.45, 2.75) is 19.0 Å². The minimum absolute atomic E-state index is 0.236. The number of morpholine rings is 1. The van der Waals surface area contributed by atoms with Crippen molar-refractivity contribution >= 4 is 6.09 Å². The number of nitrogens with one attached hydrogen (secondary N) is 1. The van der Waals surface area contributed by atoms with Crippen molar-refractivity contribution in [1.82, 2.24) is 15.1 Å². The van der Waals surface area contributed by atoms with Gasteiger partial charge in [0.15, 0.2) is 0 Å². The Balaban J connectivity index is 1.83. The fourth-order valence-electron chi connectivity index (χ4n) is 2.44. The van der Waals surface area contributed by atoms with Crippen molar-refractivity contribution in [2.75, 3.05) is 45.9 Å². The fourth-order valence-corrected chi connectivity index (χ4v) is 2.44. The average molecular weight is 243 g/mol. The second-order valence-corrected chi connectivity index (χ2v) is 4.80. The summed E-state index contributed by atoms with van der Waals surface area (Å²) in [4.78, 5) is 14.8. The van der Waals surface area contributed by atoms with E-state index in [-0.39, 0.29) is 6.04 Å². The Morgan fingerprint density at radius 1 is 1.53 bits per heavy atom. The molecule has 0 aromatic rings. The van der Waals surface area contributed by atoms with Crippen molar-refractivity contribution < 1.29 is 14.6 Å². The Morgan fingerprint density at radius 3 is 3.06 bits per heavy atom. The van der Waals surface area contributed by atoms with Crippen LogP contribution < -0.4 is 5.32 Å². The van der Waals surface area contributed by atoms with Gasteiger partial charge in [-0.15, -0.1) is 0 Å². The Kier molecular flexibility index (Phi) is 4.20. The van der Waals surface area contributed by atoms with Gasteiger partial charge in [-0.1, -0.05) is 0 Å². The monoisotopic (exact) mass is 243 g/mol. The molecular formula is C11H21N3O3. The van der Waals surface area contributed by atoms with E-state index in [4.69, 9.17) is 9.84 Å². The summed E-state index contributed by atoms with van der Waals surface area (Å²) in [5, 5.41) is 12.4. The minimum Gasteiger partial charge on any atom is -0.465 e. The maximum absolute atomic E-state index is 10.9. The molecule has 1 unspecified atom stereocenters. The van der Waals surface area contributed by atoms with Gasteiger partial charge in [0.05, 0.1) is 13.2 Å². The highest BCUT2D eigenvalue weighted by Crippen LogP contribution is 2.09. The van der Waals surface area contributed by atoms with Crippen LogP contribution in [0.25, 0.3) is 0 Å². The van der Waals surface area contributed by atoms with Crippen LogP contribution in [0, 0.1) is 0 Å². The predicted octanol–water partition coefficient (Wildman–Crippen LogP) is -0.341. The van der Waals surface area contributed by atoms with E-state index in [0.29, 0.717) is 19.1 Å². The van der Waals surface area contributed by atoms with Gasteiger partial charge in [-0.3, -0.25) is 4.90 Å². The molecule has 2 rings (SSSR count). The number of hydrogen-bond donors (Lipinski definition) is 2. The topological polar surface area (TPSA) is 65.0 Å². The van der Waals surface area contributed by atoms with Gasteiger partial charge in [0.1, 0.15) is 0 Å². The first-order valence-corrected chi connectivity index (χ1v) is 6.20. The van der Waals surface area contributed by atoms with E-state index in [1.807, 2.05) is 0 Å². The molecule has 2 fully saturated rings. The van der Waals surface area contributed by atoms with Crippen molar-refractivity contribution in [3.05, 3.63) is 0 Å². The third kappa shape index (κ3) is 3.31. The molecule has 2 aliphatic heterocycles. The third-order valence-corrected chi connectivity index (χ3v) is 3.49. The molecule has 0 bridgehead atoms. The van der Waals surface area contributed by atoms with E-state index in [1.54, 1.807) is 0 Å². The quantitative estimate of drug-likeness (QED) is 0.694. The molecule has 0 aromatic heterocycles. The molecule has 1 amide bonds. The van der Waals surface area contributed by atoms with E-state index in [1.165, 1.54) is 4.90 Å². The smallest absolute Gasteiger partial charge is 0.407 e. The molecule has 2 aliphatic rings. The molecule has 0 radical (unpaired) electrons. The van der Waals surface area contributed by atoms with E-state index >= 15 is 0 Å². The van der Waals surface area contributed by atoms with Crippen LogP contribution >= 0.6 is 0 Å². The Hall–Kier alpha value is -0.850. The average Bonchev–Trinajstić information content (AvgIpc) is 2.32. The molecule has 2 N–H and O–H groups in total. The summed E-state index contributed by atoms with van der Waals surface area (Å²) >= 11 is 0. The van der Waals surface area contributed by atoms with Gasteiger partial charge in [-0.2, -0.15) is 0 Å². The number of nitrogens with zero attached hydrogens (tertiary/aromatic N) is 2. The molecular weight excluding hydrogens is 222 g/mol. The van der Waals surface area contributed by atoms with Gasteiger partial charge in [0.2, 0.25) is 0 Å². The summed E-state index contributed by atoms with van der Waals surface area (Å²) in [6, 6.07) is 0.658. The molecule has 0 spiro atoms. The zero-order valence-electron chi connectivity index (χ0n) is 10.3. The number of carbonyl (C=O) groups is 1. The van der Waals surface area contributed by atoms with Crippen molar-refractivity contribution in [3.8, 4) is 0 Å². The summed E-state index contributed by atoms with van der Waals surface area (Å²) in [6.07, 6.45) is -0.813. The second kappa shape index (κ2) is 5.66. The molecule has 0 aliphatic carbocycles. The summed E-state index contributed by atoms with van der Waals surface area (Å²) in [5.41, 5.74) is 0. The second-order valence-electron chi connectivity index (χ2n) is 4.80. The van der Waals surface area contributed by atoms with Gasteiger partial charge in [0, 0.05) is 44.8 Å². The van der Waals surface area contributed by atoms with Crippen LogP contribution in [-0.2, 0) is 4.74 Å². The Labute approximate surface area is 102 Å². The summed E-state index contributed by atoms with van der Waals surface area (Å²) in [7, 11) is 0. The first-order valence-electron chi connectivity index (χ1n) is 6.20. The van der Waals surface area contributed by atoms with E-state index in [9.17, 15) is 4.79 Å². The number of piperazine rings is 1. The standard InChI is InChI=1S/C11H21N3O3/c1-9-8-17-5-4-13(9)6-10-7-14(11(15)16)3-2-12-10/h9-10,12H,2-8H2,1H3,(H,15,16)/t9-,10?/m1/s1. The molecule has 0 aromatic carbocycles. The molecule has 2 heterocycles. The van der Waals surface area contributed by atoms with Gasteiger partial charge >= 0.3 is 6.09 Å². The van der Waals surface area contributed by atoms with Gasteiger partial charge in [-0.05, 0) is 6.92 Å². The van der Waals surface area contributed by atoms with Crippen LogP contribution in [0.1, 0.15) is 6.92 Å². The van der Waals surface area contributed by atoms with Crippen molar-refractivity contribution in [3.63, 3.8) is 0 Å². The zero-order valence-corrected chi connectivity index (χ0v) is 10.3. The van der Waals surface area contributed by atoms with Gasteiger partial charge in [-0.25, -0.2) is 4.79 Å². The van der Waals surface area contributed by atoms with Crippen LogP contribution in [0.15, 0.2) is 0 Å². The third-order valence-electron chi connectivity index (χ3n) is 3.49. The molecule has 2 saturated heterocycles. The number of amides is 1. The number of rotatable bonds is 2. The lowest BCUT2D eigenvalue weighted by atomic mass is 10.1. The number of carboxylic acid groups (broad SMARTS) is 1. The number of hydrogen-bond acceptors (Lipinski definition) is 4. The Morgan fingerprint density at radius 2 is 2.35 bits per heavy atom. The molecule has 98 valence electrons. The van der Waals surface area contributed by atoms with Gasteiger partial charge in [0.25, 0.3) is 0 Å². The first-order chi connectivity index (χ1) is 8.16. The Bertz CT molecular complexity index is 275. The molecule has 17 heavy (non-hydrogen) atoms. The highest BCUT2D eigenvalue weighted by Gasteiger charge is 2.27. The van der Waals surface area contributed by atoms with Crippen LogP contribution in [-0.4, -0.2) is 79.0 Å². The van der Waals surface area contributed by atoms with E-state index in [0.717, 1.165) is 32.8 Å². The largest absolute Gasteiger partial charge is 0.465 e. The van der Waals surface area contributed by atoms with E-state index in [2.05, 4.69) is 17.1 Å². The molecule has 2 atom stereocenters.